The molecule has 31 heavy (non-hydrogen) atoms. The number of nitrogens with zero attached hydrogens (tertiary/aromatic N) is 3. The molecule has 160 valence electrons. The second kappa shape index (κ2) is 9.63. The molecule has 0 radical (unpaired) electrons. The highest BCUT2D eigenvalue weighted by Gasteiger charge is 2.25. The molecule has 1 aliphatic heterocycles. The minimum absolute atomic E-state index is 0.152. The second-order valence-corrected chi connectivity index (χ2v) is 7.36. The van der Waals surface area contributed by atoms with Crippen molar-refractivity contribution in [2.75, 3.05) is 36.9 Å². The first-order valence-electron chi connectivity index (χ1n) is 10.1. The number of benzene rings is 1. The molecule has 2 N–H and O–H groups in total. The molecular formula is C23H24FN5O2. The van der Waals surface area contributed by atoms with Crippen molar-refractivity contribution in [3.05, 3.63) is 77.9 Å². The molecule has 0 unspecified atom stereocenters. The van der Waals surface area contributed by atoms with Gasteiger partial charge in [0.25, 0.3) is 0 Å². The van der Waals surface area contributed by atoms with Gasteiger partial charge in [0, 0.05) is 18.8 Å². The van der Waals surface area contributed by atoms with Crippen molar-refractivity contribution >= 4 is 23.2 Å². The third kappa shape index (κ3) is 5.62. The van der Waals surface area contributed by atoms with Gasteiger partial charge in [-0.15, -0.1) is 0 Å². The summed E-state index contributed by atoms with van der Waals surface area (Å²) in [4.78, 5) is 23.4. The summed E-state index contributed by atoms with van der Waals surface area (Å²) in [6, 6.07) is 17.6. The zero-order valence-electron chi connectivity index (χ0n) is 17.2. The Hall–Kier alpha value is -3.36. The summed E-state index contributed by atoms with van der Waals surface area (Å²) in [5, 5.41) is 5.83. The second-order valence-electron chi connectivity index (χ2n) is 7.36. The van der Waals surface area contributed by atoms with Gasteiger partial charge < -0.3 is 15.4 Å². The number of hydrogen-bond donors (Lipinski definition) is 2. The van der Waals surface area contributed by atoms with E-state index in [1.165, 1.54) is 6.07 Å². The summed E-state index contributed by atoms with van der Waals surface area (Å²) >= 11 is 0. The topological polar surface area (TPSA) is 79.4 Å². The van der Waals surface area contributed by atoms with Crippen LogP contribution in [0.3, 0.4) is 0 Å². The maximum absolute atomic E-state index is 13.8. The normalized spacial score (nSPS) is 16.6. The monoisotopic (exact) mass is 421 g/mol. The molecule has 1 saturated heterocycles. The molecule has 3 aromatic rings. The highest BCUT2D eigenvalue weighted by molar-refractivity contribution is 5.92. The number of carbonyl (C=O) groups excluding carboxylic acids is 1. The molecule has 4 rings (SSSR count). The van der Waals surface area contributed by atoms with Crippen molar-refractivity contribution in [2.45, 2.75) is 13.0 Å². The number of rotatable bonds is 6. The standard InChI is InChI=1S/C23H24FN5O2/c1-16-6-4-10-21(25-16)28-22-11-5-9-19(26-22)20-14-29(12-13-31-20)15-23(30)27-18-8-3-2-7-17(18)24/h2-11,20H,12-15H2,1H3,(H,27,30)(H,25,26,28)/t20-/m1/s1. The summed E-state index contributed by atoms with van der Waals surface area (Å²) in [5.41, 5.74) is 1.88. The van der Waals surface area contributed by atoms with Crippen molar-refractivity contribution in [1.82, 2.24) is 14.9 Å². The van der Waals surface area contributed by atoms with Gasteiger partial charge >= 0.3 is 0 Å². The Balaban J connectivity index is 1.38. The lowest BCUT2D eigenvalue weighted by atomic mass is 10.2. The van der Waals surface area contributed by atoms with Gasteiger partial charge in [-0.2, -0.15) is 0 Å². The van der Waals surface area contributed by atoms with E-state index in [1.54, 1.807) is 18.2 Å². The third-order valence-electron chi connectivity index (χ3n) is 4.91. The van der Waals surface area contributed by atoms with Crippen LogP contribution in [0.25, 0.3) is 0 Å². The lowest BCUT2D eigenvalue weighted by Crippen LogP contribution is -2.42. The van der Waals surface area contributed by atoms with Crippen LogP contribution in [-0.4, -0.2) is 47.0 Å². The third-order valence-corrected chi connectivity index (χ3v) is 4.91. The average molecular weight is 421 g/mol. The molecule has 3 heterocycles. The van der Waals surface area contributed by atoms with Crippen LogP contribution in [0.1, 0.15) is 17.5 Å². The van der Waals surface area contributed by atoms with Crippen molar-refractivity contribution in [3.8, 4) is 0 Å². The molecule has 0 saturated carbocycles. The molecule has 0 aliphatic carbocycles. The van der Waals surface area contributed by atoms with E-state index in [-0.39, 0.29) is 24.2 Å². The summed E-state index contributed by atoms with van der Waals surface area (Å²) in [6.07, 6.45) is -0.262. The van der Waals surface area contributed by atoms with Gasteiger partial charge in [0.1, 0.15) is 23.6 Å². The number of pyridine rings is 2. The molecule has 0 spiro atoms. The Kier molecular flexibility index (Phi) is 6.49. The fourth-order valence-electron chi connectivity index (χ4n) is 3.42. The minimum atomic E-state index is -0.452. The van der Waals surface area contributed by atoms with Crippen LogP contribution in [0.2, 0.25) is 0 Å². The number of morpholine rings is 1. The summed E-state index contributed by atoms with van der Waals surface area (Å²) < 4.78 is 19.7. The van der Waals surface area contributed by atoms with Gasteiger partial charge in [0.15, 0.2) is 0 Å². The maximum Gasteiger partial charge on any atom is 0.238 e. The van der Waals surface area contributed by atoms with Gasteiger partial charge in [-0.25, -0.2) is 14.4 Å². The van der Waals surface area contributed by atoms with Gasteiger partial charge in [0.2, 0.25) is 5.91 Å². The number of aromatic nitrogens is 2. The van der Waals surface area contributed by atoms with E-state index in [0.29, 0.717) is 25.5 Å². The quantitative estimate of drug-likeness (QED) is 0.632. The van der Waals surface area contributed by atoms with Crippen molar-refractivity contribution in [2.24, 2.45) is 0 Å². The van der Waals surface area contributed by atoms with Crippen molar-refractivity contribution < 1.29 is 13.9 Å². The predicted octanol–water partition coefficient (Wildman–Crippen LogP) is 3.68. The number of aryl methyl sites for hydroxylation is 1. The van der Waals surface area contributed by atoms with E-state index in [2.05, 4.69) is 20.6 Å². The molecule has 0 bridgehead atoms. The van der Waals surface area contributed by atoms with E-state index in [0.717, 1.165) is 17.2 Å². The van der Waals surface area contributed by atoms with Crippen LogP contribution in [0.5, 0.6) is 0 Å². The van der Waals surface area contributed by atoms with E-state index in [1.807, 2.05) is 48.2 Å². The van der Waals surface area contributed by atoms with Crippen LogP contribution in [-0.2, 0) is 9.53 Å². The Morgan fingerprint density at radius 1 is 1.10 bits per heavy atom. The molecular weight excluding hydrogens is 397 g/mol. The van der Waals surface area contributed by atoms with Crippen LogP contribution >= 0.6 is 0 Å². The molecule has 7 nitrogen and oxygen atoms in total. The molecule has 1 aliphatic rings. The minimum Gasteiger partial charge on any atom is -0.369 e. The Labute approximate surface area is 180 Å². The smallest absolute Gasteiger partial charge is 0.238 e. The highest BCUT2D eigenvalue weighted by atomic mass is 19.1. The molecule has 1 atom stereocenters. The van der Waals surface area contributed by atoms with Crippen molar-refractivity contribution in [3.63, 3.8) is 0 Å². The van der Waals surface area contributed by atoms with E-state index in [4.69, 9.17) is 4.74 Å². The highest BCUT2D eigenvalue weighted by Crippen LogP contribution is 2.23. The summed E-state index contributed by atoms with van der Waals surface area (Å²) in [6.45, 7) is 3.70. The largest absolute Gasteiger partial charge is 0.369 e. The lowest BCUT2D eigenvalue weighted by molar-refractivity contribution is -0.119. The van der Waals surface area contributed by atoms with E-state index >= 15 is 0 Å². The predicted molar refractivity (Wildman–Crippen MR) is 117 cm³/mol. The van der Waals surface area contributed by atoms with Gasteiger partial charge in [-0.1, -0.05) is 24.3 Å². The summed E-state index contributed by atoms with van der Waals surface area (Å²) in [5.74, 6) is 0.682. The first kappa shape index (κ1) is 20.9. The number of ether oxygens (including phenoxy) is 1. The van der Waals surface area contributed by atoms with Crippen molar-refractivity contribution in [1.29, 1.82) is 0 Å². The van der Waals surface area contributed by atoms with Crippen LogP contribution in [0.4, 0.5) is 21.7 Å². The number of nitrogens with one attached hydrogen (secondary N) is 2. The number of carbonyl (C=O) groups is 1. The van der Waals surface area contributed by atoms with E-state index < -0.39 is 5.82 Å². The van der Waals surface area contributed by atoms with Crippen LogP contribution < -0.4 is 10.6 Å². The Morgan fingerprint density at radius 2 is 1.87 bits per heavy atom. The Morgan fingerprint density at radius 3 is 2.68 bits per heavy atom. The van der Waals surface area contributed by atoms with Gasteiger partial charge in [-0.05, 0) is 43.3 Å². The number of hydrogen-bond acceptors (Lipinski definition) is 6. The zero-order chi connectivity index (χ0) is 21.6. The number of para-hydroxylation sites is 1. The fourth-order valence-corrected chi connectivity index (χ4v) is 3.42. The molecule has 1 amide bonds. The first-order valence-corrected chi connectivity index (χ1v) is 10.1. The van der Waals surface area contributed by atoms with Crippen LogP contribution in [0, 0.1) is 12.7 Å². The zero-order valence-corrected chi connectivity index (χ0v) is 17.2. The maximum atomic E-state index is 13.8. The van der Waals surface area contributed by atoms with Gasteiger partial charge in [-0.3, -0.25) is 9.69 Å². The number of amides is 1. The lowest BCUT2D eigenvalue weighted by Gasteiger charge is -2.32. The fraction of sp³-hybridized carbons (Fsp3) is 0.261. The summed E-state index contributed by atoms with van der Waals surface area (Å²) in [7, 11) is 0. The Bertz CT molecular complexity index is 1060. The SMILES string of the molecule is Cc1cccc(Nc2cccc([C@H]3CN(CC(=O)Nc4ccccc4F)CCO3)n2)n1. The number of anilines is 3. The average Bonchev–Trinajstić information content (AvgIpc) is 2.76. The van der Waals surface area contributed by atoms with Crippen LogP contribution in [0.15, 0.2) is 60.7 Å². The number of halogens is 1. The van der Waals surface area contributed by atoms with Gasteiger partial charge in [0.05, 0.1) is 24.5 Å². The first-order chi connectivity index (χ1) is 15.1. The molecule has 2 aromatic heterocycles. The molecule has 8 heteroatoms. The molecule has 1 aromatic carbocycles. The molecule has 1 fully saturated rings. The van der Waals surface area contributed by atoms with E-state index in [9.17, 15) is 9.18 Å².